The van der Waals surface area contributed by atoms with Gasteiger partial charge in [0.25, 0.3) is 0 Å². The number of halogens is 1. The molecule has 0 spiro atoms. The first-order chi connectivity index (χ1) is 30.5. The molecular formula is C48H57ClN9O4P. The highest BCUT2D eigenvalue weighted by Crippen LogP contribution is 2.39. The van der Waals surface area contributed by atoms with Crippen molar-refractivity contribution >= 4 is 75.5 Å². The Morgan fingerprint density at radius 1 is 0.905 bits per heavy atom. The number of anilines is 5. The molecule has 3 saturated heterocycles. The van der Waals surface area contributed by atoms with Crippen molar-refractivity contribution in [3.05, 3.63) is 89.8 Å². The van der Waals surface area contributed by atoms with Gasteiger partial charge in [-0.2, -0.15) is 4.98 Å². The second-order valence-corrected chi connectivity index (χ2v) is 20.7. The molecule has 15 heteroatoms. The summed E-state index contributed by atoms with van der Waals surface area (Å²) in [6.07, 6.45) is 13.0. The Bertz CT molecular complexity index is 2550. The molecule has 330 valence electrons. The molecule has 3 fully saturated rings. The number of carbonyl (C=O) groups is 2. The predicted octanol–water partition coefficient (Wildman–Crippen LogP) is 8.00. The molecule has 63 heavy (non-hydrogen) atoms. The fraction of sp³-hybridized carbons (Fsp3) is 0.417. The van der Waals surface area contributed by atoms with Gasteiger partial charge in [-0.05, 0) is 82.3 Å². The SMILES string of the molecule is COc1cc(N2CCC(N3CCN(CCCCCC#Cc4cccc5cn(C6CCC(=O)NC6=O)cc45)CC3)CC2)ccc1Nc1ncc(Cl)c(Nc2ccccc2P(C)(C)=O)n1. The summed E-state index contributed by atoms with van der Waals surface area (Å²) < 4.78 is 20.7. The van der Waals surface area contributed by atoms with E-state index in [1.165, 1.54) is 6.42 Å². The number of piperidine rings is 2. The number of amides is 2. The van der Waals surface area contributed by atoms with Crippen LogP contribution in [0.3, 0.4) is 0 Å². The topological polar surface area (TPSA) is 137 Å². The van der Waals surface area contributed by atoms with Crippen LogP contribution in [0.25, 0.3) is 10.8 Å². The molecule has 1 unspecified atom stereocenters. The van der Waals surface area contributed by atoms with E-state index in [1.54, 1.807) is 26.6 Å². The summed E-state index contributed by atoms with van der Waals surface area (Å²) in [4.78, 5) is 40.8. The molecule has 3 aromatic carbocycles. The number of unbranched alkanes of at least 4 members (excludes halogenated alkanes) is 3. The predicted molar refractivity (Wildman–Crippen MR) is 254 cm³/mol. The van der Waals surface area contributed by atoms with Crippen LogP contribution in [0, 0.1) is 11.8 Å². The summed E-state index contributed by atoms with van der Waals surface area (Å²) in [5.74, 6) is 7.80. The fourth-order valence-electron chi connectivity index (χ4n) is 8.96. The van der Waals surface area contributed by atoms with Crippen LogP contribution in [-0.2, 0) is 14.2 Å². The Kier molecular flexibility index (Phi) is 14.0. The van der Waals surface area contributed by atoms with Crippen molar-refractivity contribution in [1.82, 2.24) is 29.7 Å². The van der Waals surface area contributed by atoms with Gasteiger partial charge in [0, 0.05) is 104 Å². The van der Waals surface area contributed by atoms with E-state index in [4.69, 9.17) is 16.3 Å². The number of fused-ring (bicyclic) bond motifs is 1. The number of piperazine rings is 1. The molecule has 2 aromatic heterocycles. The molecular weight excluding hydrogens is 833 g/mol. The van der Waals surface area contributed by atoms with Crippen molar-refractivity contribution in [2.45, 2.75) is 63.5 Å². The lowest BCUT2D eigenvalue weighted by atomic mass is 10.0. The van der Waals surface area contributed by atoms with Crippen LogP contribution in [0.5, 0.6) is 5.75 Å². The minimum absolute atomic E-state index is 0.201. The minimum atomic E-state index is -2.54. The van der Waals surface area contributed by atoms with Crippen LogP contribution in [0.1, 0.15) is 63.0 Å². The number of hydrogen-bond acceptors (Lipinski definition) is 11. The normalized spacial score (nSPS) is 17.9. The van der Waals surface area contributed by atoms with Gasteiger partial charge in [-0.25, -0.2) is 4.98 Å². The number of carbonyl (C=O) groups excluding carboxylic acids is 2. The summed E-state index contributed by atoms with van der Waals surface area (Å²) >= 11 is 6.49. The average Bonchev–Trinajstić information content (AvgIpc) is 3.72. The van der Waals surface area contributed by atoms with Crippen molar-refractivity contribution in [2.24, 2.45) is 0 Å². The zero-order chi connectivity index (χ0) is 43.9. The third kappa shape index (κ3) is 10.9. The number of nitrogens with one attached hydrogen (secondary N) is 3. The standard InChI is InChI=1S/C48H57ClN9O4P/c1-62-43-30-37(17-18-40(43)52-48-50-31-39(49)46(54-48)51-41-15-8-9-16-44(41)63(2,3)61)56-24-21-36(22-25-56)57-28-26-55(27-29-57)23-10-6-4-5-7-12-34-13-11-14-35-32-58(33-38(34)35)42-19-20-45(59)53-47(42)60/h8-9,11,13-18,30-33,36,42H,4-6,10,19-29H2,1-3H3,(H,53,59,60)(H2,50,51,52,54). The number of aromatic nitrogens is 3. The van der Waals surface area contributed by atoms with Crippen molar-refractivity contribution in [2.75, 3.05) is 81.8 Å². The largest absolute Gasteiger partial charge is 0.494 e. The molecule has 0 saturated carbocycles. The van der Waals surface area contributed by atoms with E-state index in [9.17, 15) is 14.2 Å². The van der Waals surface area contributed by atoms with Gasteiger partial charge in [0.1, 0.15) is 24.0 Å². The second-order valence-electron chi connectivity index (χ2n) is 17.1. The first-order valence-corrected chi connectivity index (χ1v) is 25.0. The Balaban J connectivity index is 0.753. The number of hydrogen-bond donors (Lipinski definition) is 3. The zero-order valence-electron chi connectivity index (χ0n) is 36.4. The number of rotatable bonds is 14. The molecule has 2 amide bonds. The van der Waals surface area contributed by atoms with E-state index in [1.807, 2.05) is 65.5 Å². The van der Waals surface area contributed by atoms with E-state index < -0.39 is 7.14 Å². The van der Waals surface area contributed by atoms with Crippen LogP contribution in [0.4, 0.5) is 28.8 Å². The van der Waals surface area contributed by atoms with E-state index in [-0.39, 0.29) is 17.9 Å². The molecule has 3 aliphatic heterocycles. The lowest BCUT2D eigenvalue weighted by Gasteiger charge is -2.43. The summed E-state index contributed by atoms with van der Waals surface area (Å²) in [6.45, 7) is 11.1. The monoisotopic (exact) mass is 889 g/mol. The fourth-order valence-corrected chi connectivity index (χ4v) is 10.3. The maximum absolute atomic E-state index is 12.9. The quantitative estimate of drug-likeness (QED) is 0.0433. The van der Waals surface area contributed by atoms with Crippen LogP contribution >= 0.6 is 18.7 Å². The number of ether oxygens (including phenoxy) is 1. The van der Waals surface area contributed by atoms with Crippen molar-refractivity contribution in [1.29, 1.82) is 0 Å². The van der Waals surface area contributed by atoms with Crippen LogP contribution in [0.15, 0.2) is 79.3 Å². The van der Waals surface area contributed by atoms with E-state index in [0.29, 0.717) is 47.1 Å². The Hall–Kier alpha value is -5.38. The van der Waals surface area contributed by atoms with Crippen LogP contribution in [0.2, 0.25) is 5.02 Å². The third-order valence-corrected chi connectivity index (χ3v) is 14.3. The van der Waals surface area contributed by atoms with Crippen LogP contribution in [-0.4, -0.2) is 108 Å². The molecule has 5 aromatic rings. The second kappa shape index (κ2) is 20.0. The van der Waals surface area contributed by atoms with Gasteiger partial charge in [-0.3, -0.25) is 19.8 Å². The van der Waals surface area contributed by atoms with Crippen LogP contribution < -0.4 is 30.9 Å². The van der Waals surface area contributed by atoms with E-state index >= 15 is 0 Å². The zero-order valence-corrected chi connectivity index (χ0v) is 38.1. The molecule has 5 heterocycles. The molecule has 0 aliphatic carbocycles. The van der Waals surface area contributed by atoms with Crippen molar-refractivity contribution < 1.29 is 18.9 Å². The summed E-state index contributed by atoms with van der Waals surface area (Å²) in [5, 5.41) is 12.2. The number of nitrogens with zero attached hydrogens (tertiary/aromatic N) is 6. The molecule has 13 nitrogen and oxygen atoms in total. The average molecular weight is 890 g/mol. The number of para-hydroxylation sites is 1. The van der Waals surface area contributed by atoms with Gasteiger partial charge in [0.15, 0.2) is 5.82 Å². The highest BCUT2D eigenvalue weighted by molar-refractivity contribution is 7.70. The lowest BCUT2D eigenvalue weighted by molar-refractivity contribution is -0.135. The smallest absolute Gasteiger partial charge is 0.249 e. The highest BCUT2D eigenvalue weighted by atomic mass is 35.5. The van der Waals surface area contributed by atoms with Gasteiger partial charge < -0.3 is 34.3 Å². The molecule has 8 rings (SSSR count). The van der Waals surface area contributed by atoms with Crippen molar-refractivity contribution in [3.63, 3.8) is 0 Å². The van der Waals surface area contributed by atoms with Gasteiger partial charge in [0.05, 0.1) is 24.7 Å². The third-order valence-electron chi connectivity index (χ3n) is 12.4. The number of methoxy groups -OCH3 is 1. The summed E-state index contributed by atoms with van der Waals surface area (Å²) in [6, 6.07) is 20.0. The van der Waals surface area contributed by atoms with E-state index in [2.05, 4.69) is 64.6 Å². The summed E-state index contributed by atoms with van der Waals surface area (Å²) in [7, 11) is -0.868. The molecule has 1 atom stereocenters. The first kappa shape index (κ1) is 44.2. The molecule has 0 radical (unpaired) electrons. The number of imide groups is 1. The minimum Gasteiger partial charge on any atom is -0.494 e. The van der Waals surface area contributed by atoms with Gasteiger partial charge >= 0.3 is 0 Å². The highest BCUT2D eigenvalue weighted by Gasteiger charge is 2.29. The van der Waals surface area contributed by atoms with Gasteiger partial charge in [0.2, 0.25) is 17.8 Å². The van der Waals surface area contributed by atoms with E-state index in [0.717, 1.165) is 111 Å². The maximum Gasteiger partial charge on any atom is 0.249 e. The first-order valence-electron chi connectivity index (χ1n) is 22.1. The molecule has 3 aliphatic rings. The molecule has 3 N–H and O–H groups in total. The Labute approximate surface area is 375 Å². The molecule has 0 bridgehead atoms. The number of benzene rings is 3. The van der Waals surface area contributed by atoms with Crippen molar-refractivity contribution in [3.8, 4) is 17.6 Å². The van der Waals surface area contributed by atoms with Gasteiger partial charge in [-0.1, -0.05) is 54.1 Å². The van der Waals surface area contributed by atoms with Gasteiger partial charge in [-0.15, -0.1) is 0 Å². The maximum atomic E-state index is 12.9. The Morgan fingerprint density at radius 3 is 2.49 bits per heavy atom. The Morgan fingerprint density at radius 2 is 1.71 bits per heavy atom. The summed E-state index contributed by atoms with van der Waals surface area (Å²) in [5.41, 5.74) is 3.55. The lowest BCUT2D eigenvalue weighted by Crippen LogP contribution is -2.53.